The average Bonchev–Trinajstić information content (AvgIpc) is 3.24. The van der Waals surface area contributed by atoms with E-state index >= 15 is 0 Å². The fourth-order valence-electron chi connectivity index (χ4n) is 7.22. The van der Waals surface area contributed by atoms with Crippen LogP contribution in [-0.4, -0.2) is 64.4 Å². The fourth-order valence-corrected chi connectivity index (χ4v) is 7.22. The summed E-state index contributed by atoms with van der Waals surface area (Å²) < 4.78 is 25.5. The number of allylic oxidation sites excluding steroid dienone is 4. The summed E-state index contributed by atoms with van der Waals surface area (Å²) in [6.07, 6.45) is 13.6. The first-order valence-corrected chi connectivity index (χ1v) is 14.9. The second-order valence-electron chi connectivity index (χ2n) is 12.6. The van der Waals surface area contributed by atoms with E-state index < -0.39 is 35.5 Å². The van der Waals surface area contributed by atoms with E-state index in [1.54, 1.807) is 13.0 Å². The SMILES string of the molecule is CC[C@H]1O[C@]2(CC[C@@H]1C)C[C@@H]1C[C@@H](C/C=C(\C)C[C@@H](C)C=CC=C3CO[C@@H]4/C(=N\O)C(C)=C[C@@H](C(=O)O1)[C@]34O)O2. The van der Waals surface area contributed by atoms with Gasteiger partial charge in [-0.3, -0.25) is 4.79 Å². The maximum absolute atomic E-state index is 13.9. The van der Waals surface area contributed by atoms with Gasteiger partial charge in [-0.15, -0.1) is 0 Å². The number of hydrogen-bond donors (Lipinski definition) is 2. The number of carbonyl (C=O) groups is 1. The van der Waals surface area contributed by atoms with Crippen molar-refractivity contribution < 1.29 is 34.1 Å². The summed E-state index contributed by atoms with van der Waals surface area (Å²) in [4.78, 5) is 13.9. The van der Waals surface area contributed by atoms with Crippen LogP contribution in [0.4, 0.5) is 0 Å². The highest BCUT2D eigenvalue weighted by atomic mass is 16.7. The van der Waals surface area contributed by atoms with Crippen molar-refractivity contribution in [1.82, 2.24) is 0 Å². The van der Waals surface area contributed by atoms with Gasteiger partial charge in [0.1, 0.15) is 29.4 Å². The molecule has 2 bridgehead atoms. The predicted octanol–water partition coefficient (Wildman–Crippen LogP) is 5.39. The van der Waals surface area contributed by atoms with Crippen LogP contribution in [-0.2, 0) is 23.7 Å². The monoisotopic (exact) mass is 555 g/mol. The Kier molecular flexibility index (Phi) is 8.44. The van der Waals surface area contributed by atoms with E-state index in [1.807, 2.05) is 12.2 Å². The normalized spacial score (nSPS) is 44.9. The Bertz CT molecular complexity index is 1140. The summed E-state index contributed by atoms with van der Waals surface area (Å²) in [5, 5.41) is 25.3. The molecule has 0 aromatic heterocycles. The number of aliphatic hydroxyl groups is 1. The van der Waals surface area contributed by atoms with Gasteiger partial charge in [-0.05, 0) is 62.5 Å². The van der Waals surface area contributed by atoms with Gasteiger partial charge in [0.05, 0.1) is 18.8 Å². The molecule has 8 heteroatoms. The summed E-state index contributed by atoms with van der Waals surface area (Å²) in [5.41, 5.74) is 0.922. The molecule has 2 N–H and O–H groups in total. The summed E-state index contributed by atoms with van der Waals surface area (Å²) >= 11 is 0. The Morgan fingerprint density at radius 3 is 2.73 bits per heavy atom. The van der Waals surface area contributed by atoms with E-state index in [0.29, 0.717) is 29.9 Å². The maximum Gasteiger partial charge on any atom is 0.316 e. The van der Waals surface area contributed by atoms with Gasteiger partial charge >= 0.3 is 5.97 Å². The third kappa shape index (κ3) is 5.48. The molecule has 0 amide bonds. The van der Waals surface area contributed by atoms with E-state index in [4.69, 9.17) is 18.9 Å². The highest BCUT2D eigenvalue weighted by Crippen LogP contribution is 2.46. The maximum atomic E-state index is 13.9. The van der Waals surface area contributed by atoms with Crippen molar-refractivity contribution in [3.8, 4) is 0 Å². The highest BCUT2D eigenvalue weighted by Gasteiger charge is 2.59. The van der Waals surface area contributed by atoms with Crippen LogP contribution < -0.4 is 0 Å². The lowest BCUT2D eigenvalue weighted by Crippen LogP contribution is -2.57. The van der Waals surface area contributed by atoms with Crippen molar-refractivity contribution in [2.45, 2.75) is 115 Å². The lowest BCUT2D eigenvalue weighted by atomic mass is 9.71. The molecule has 9 atom stereocenters. The van der Waals surface area contributed by atoms with Crippen LogP contribution in [0.15, 0.2) is 52.3 Å². The van der Waals surface area contributed by atoms with Crippen LogP contribution >= 0.6 is 0 Å². The lowest BCUT2D eigenvalue weighted by Gasteiger charge is -2.49. The van der Waals surface area contributed by atoms with Gasteiger partial charge in [0.2, 0.25) is 0 Å². The minimum atomic E-state index is -1.72. The standard InChI is InChI=1S/C32H45NO7/c1-6-27-21(4)12-13-31(40-27)17-25-16-24(39-31)11-10-20(3)14-19(2)8-7-9-23-18-37-29-28(33-36)22(5)15-26(30(34)38-25)32(23,29)35/h7-10,15,19,21,24-27,29,35-36H,6,11-14,16-18H2,1-5H3/b8-7?,20-10+,23-9?,33-28-/t19-,21-,24+,25-,26-,27+,29+,31+,32+/m0/s1. The molecule has 220 valence electrons. The molecule has 4 aliphatic heterocycles. The highest BCUT2D eigenvalue weighted by molar-refractivity contribution is 6.06. The molecule has 1 spiro atoms. The van der Waals surface area contributed by atoms with Gasteiger partial charge in [-0.1, -0.05) is 61.9 Å². The number of esters is 1. The van der Waals surface area contributed by atoms with Crippen LogP contribution in [0.25, 0.3) is 0 Å². The van der Waals surface area contributed by atoms with E-state index in [2.05, 4.69) is 45.0 Å². The minimum Gasteiger partial charge on any atom is -0.462 e. The molecule has 5 aliphatic rings. The van der Waals surface area contributed by atoms with Crippen molar-refractivity contribution in [1.29, 1.82) is 0 Å². The number of rotatable bonds is 1. The van der Waals surface area contributed by atoms with Crippen molar-refractivity contribution in [3.05, 3.63) is 47.1 Å². The topological polar surface area (TPSA) is 107 Å². The largest absolute Gasteiger partial charge is 0.462 e. The molecule has 0 aromatic carbocycles. The molecule has 3 fully saturated rings. The molecule has 0 unspecified atom stereocenters. The average molecular weight is 556 g/mol. The van der Waals surface area contributed by atoms with Crippen molar-refractivity contribution in [3.63, 3.8) is 0 Å². The molecule has 5 rings (SSSR count). The van der Waals surface area contributed by atoms with Gasteiger partial charge in [0.15, 0.2) is 5.79 Å². The Morgan fingerprint density at radius 1 is 1.18 bits per heavy atom. The van der Waals surface area contributed by atoms with Crippen LogP contribution in [0.5, 0.6) is 0 Å². The van der Waals surface area contributed by atoms with E-state index in [1.165, 1.54) is 5.57 Å². The minimum absolute atomic E-state index is 0.0940. The van der Waals surface area contributed by atoms with Gasteiger partial charge in [0, 0.05) is 19.3 Å². The third-order valence-electron chi connectivity index (χ3n) is 9.45. The molecule has 1 aliphatic carbocycles. The summed E-state index contributed by atoms with van der Waals surface area (Å²) in [6.45, 7) is 10.5. The van der Waals surface area contributed by atoms with E-state index in [9.17, 15) is 15.1 Å². The van der Waals surface area contributed by atoms with Gasteiger partial charge < -0.3 is 29.3 Å². The molecular formula is C32H45NO7. The van der Waals surface area contributed by atoms with Crippen LogP contribution in [0.2, 0.25) is 0 Å². The van der Waals surface area contributed by atoms with Crippen molar-refractivity contribution in [2.24, 2.45) is 22.9 Å². The Labute approximate surface area is 237 Å². The Hall–Kier alpha value is -2.26. The van der Waals surface area contributed by atoms with Crippen molar-refractivity contribution >= 4 is 11.7 Å². The lowest BCUT2D eigenvalue weighted by molar-refractivity contribution is -0.335. The van der Waals surface area contributed by atoms with Crippen LogP contribution in [0.1, 0.15) is 79.6 Å². The molecule has 8 nitrogen and oxygen atoms in total. The number of ether oxygens (including phenoxy) is 4. The predicted molar refractivity (Wildman–Crippen MR) is 151 cm³/mol. The quantitative estimate of drug-likeness (QED) is 0.193. The number of hydrogen-bond acceptors (Lipinski definition) is 8. The number of nitrogens with zero attached hydrogens (tertiary/aromatic N) is 1. The first-order chi connectivity index (χ1) is 19.1. The Morgan fingerprint density at radius 2 is 1.98 bits per heavy atom. The smallest absolute Gasteiger partial charge is 0.316 e. The number of carbonyl (C=O) groups excluding carboxylic acids is 1. The van der Waals surface area contributed by atoms with Crippen molar-refractivity contribution in [2.75, 3.05) is 6.61 Å². The van der Waals surface area contributed by atoms with E-state index in [0.717, 1.165) is 32.1 Å². The van der Waals surface area contributed by atoms with Crippen LogP contribution in [0, 0.1) is 17.8 Å². The van der Waals surface area contributed by atoms with Gasteiger partial charge in [0.25, 0.3) is 0 Å². The zero-order chi connectivity index (χ0) is 28.7. The molecule has 3 saturated heterocycles. The van der Waals surface area contributed by atoms with Gasteiger partial charge in [-0.25, -0.2) is 0 Å². The third-order valence-corrected chi connectivity index (χ3v) is 9.45. The van der Waals surface area contributed by atoms with Gasteiger partial charge in [-0.2, -0.15) is 0 Å². The van der Waals surface area contributed by atoms with Crippen LogP contribution in [0.3, 0.4) is 0 Å². The molecule has 0 aromatic rings. The summed E-state index contributed by atoms with van der Waals surface area (Å²) in [5.74, 6) is -1.60. The fraction of sp³-hybridized carbons (Fsp3) is 0.688. The first-order valence-electron chi connectivity index (χ1n) is 14.9. The zero-order valence-corrected chi connectivity index (χ0v) is 24.5. The van der Waals surface area contributed by atoms with E-state index in [-0.39, 0.29) is 30.4 Å². The Balaban J connectivity index is 1.53. The first kappa shape index (κ1) is 29.2. The summed E-state index contributed by atoms with van der Waals surface area (Å²) in [6, 6.07) is 0. The molecule has 0 radical (unpaired) electrons. The molecule has 0 saturated carbocycles. The summed E-state index contributed by atoms with van der Waals surface area (Å²) in [7, 11) is 0. The molecule has 4 heterocycles. The second-order valence-corrected chi connectivity index (χ2v) is 12.6. The molecular weight excluding hydrogens is 510 g/mol. The number of oxime groups is 1. The second kappa shape index (κ2) is 11.6. The zero-order valence-electron chi connectivity index (χ0n) is 24.5. The number of fused-ring (bicyclic) bond motifs is 2. The molecule has 40 heavy (non-hydrogen) atoms.